The van der Waals surface area contributed by atoms with Crippen molar-refractivity contribution in [2.24, 2.45) is 11.8 Å². The van der Waals surface area contributed by atoms with Crippen LogP contribution in [0.5, 0.6) is 0 Å². The first kappa shape index (κ1) is 10.1. The normalized spacial score (nSPS) is 39.8. The van der Waals surface area contributed by atoms with Crippen LogP contribution < -0.4 is 0 Å². The molecule has 3 fully saturated rings. The minimum absolute atomic E-state index is 0.0121. The number of aliphatic hydroxyl groups excluding tert-OH is 1. The monoisotopic (exact) mass is 209 g/mol. The highest BCUT2D eigenvalue weighted by molar-refractivity contribution is 4.92. The summed E-state index contributed by atoms with van der Waals surface area (Å²) in [6.07, 6.45) is 9.38. The molecule has 0 amide bonds. The predicted molar refractivity (Wildman–Crippen MR) is 60.7 cm³/mol. The van der Waals surface area contributed by atoms with E-state index in [4.69, 9.17) is 0 Å². The van der Waals surface area contributed by atoms with Crippen molar-refractivity contribution in [3.8, 4) is 0 Å². The molecule has 0 aromatic heterocycles. The van der Waals surface area contributed by atoms with Gasteiger partial charge in [-0.05, 0) is 56.8 Å². The van der Waals surface area contributed by atoms with Gasteiger partial charge in [-0.3, -0.25) is 0 Å². The largest absolute Gasteiger partial charge is 0.393 e. The van der Waals surface area contributed by atoms with Crippen molar-refractivity contribution in [2.75, 3.05) is 13.1 Å². The molecule has 3 aliphatic rings. The van der Waals surface area contributed by atoms with E-state index in [1.807, 2.05) is 0 Å². The lowest BCUT2D eigenvalue weighted by Gasteiger charge is -2.34. The fourth-order valence-corrected chi connectivity index (χ4v) is 3.57. The van der Waals surface area contributed by atoms with Crippen LogP contribution in [-0.2, 0) is 0 Å². The van der Waals surface area contributed by atoms with Gasteiger partial charge in [0, 0.05) is 19.1 Å². The Morgan fingerprint density at radius 3 is 2.13 bits per heavy atom. The zero-order valence-electron chi connectivity index (χ0n) is 9.57. The van der Waals surface area contributed by atoms with Gasteiger partial charge in [-0.1, -0.05) is 0 Å². The molecule has 2 aliphatic carbocycles. The van der Waals surface area contributed by atoms with Gasteiger partial charge in [-0.15, -0.1) is 0 Å². The molecular formula is C13H23NO. The lowest BCUT2D eigenvalue weighted by atomic mass is 10.0. The third-order valence-corrected chi connectivity index (χ3v) is 4.75. The average molecular weight is 209 g/mol. The molecule has 1 N–H and O–H groups in total. The molecule has 0 bridgehead atoms. The molecule has 1 aliphatic heterocycles. The van der Waals surface area contributed by atoms with Crippen LogP contribution in [0.4, 0.5) is 0 Å². The van der Waals surface area contributed by atoms with Gasteiger partial charge in [0.2, 0.25) is 0 Å². The summed E-state index contributed by atoms with van der Waals surface area (Å²) in [4.78, 5) is 2.65. The fourth-order valence-electron chi connectivity index (χ4n) is 3.57. The Bertz CT molecular complexity index is 219. The second kappa shape index (κ2) is 4.06. The lowest BCUT2D eigenvalue weighted by Crippen LogP contribution is -2.41. The third kappa shape index (κ3) is 2.21. The summed E-state index contributed by atoms with van der Waals surface area (Å²) in [6, 6.07) is 0.864. The first-order valence-corrected chi connectivity index (χ1v) is 6.75. The molecule has 0 radical (unpaired) electrons. The Balaban J connectivity index is 1.50. The van der Waals surface area contributed by atoms with Gasteiger partial charge in [0.25, 0.3) is 0 Å². The van der Waals surface area contributed by atoms with Gasteiger partial charge >= 0.3 is 0 Å². The Morgan fingerprint density at radius 2 is 1.47 bits per heavy atom. The molecule has 2 atom stereocenters. The van der Waals surface area contributed by atoms with E-state index in [1.165, 1.54) is 32.1 Å². The first-order valence-electron chi connectivity index (χ1n) is 6.75. The van der Waals surface area contributed by atoms with E-state index in [2.05, 4.69) is 4.90 Å². The molecule has 1 heterocycles. The highest BCUT2D eigenvalue weighted by Gasteiger charge is 2.38. The zero-order chi connectivity index (χ0) is 10.3. The molecule has 2 saturated carbocycles. The Morgan fingerprint density at radius 1 is 0.800 bits per heavy atom. The Labute approximate surface area is 92.7 Å². The molecule has 86 valence electrons. The topological polar surface area (TPSA) is 23.5 Å². The number of hydrogen-bond donors (Lipinski definition) is 1. The van der Waals surface area contributed by atoms with E-state index >= 15 is 0 Å². The quantitative estimate of drug-likeness (QED) is 0.752. The number of piperidine rings is 1. The molecular weight excluding hydrogens is 186 g/mol. The van der Waals surface area contributed by atoms with E-state index in [0.29, 0.717) is 0 Å². The van der Waals surface area contributed by atoms with E-state index in [9.17, 15) is 5.11 Å². The second-order valence-electron chi connectivity index (χ2n) is 5.83. The molecule has 3 rings (SSSR count). The predicted octanol–water partition coefficient (Wildman–Crippen LogP) is 2.02. The molecule has 15 heavy (non-hydrogen) atoms. The van der Waals surface area contributed by atoms with Crippen LogP contribution in [0.3, 0.4) is 0 Å². The number of rotatable bonds is 2. The van der Waals surface area contributed by atoms with Crippen LogP contribution in [0.2, 0.25) is 0 Å². The number of hydrogen-bond acceptors (Lipinski definition) is 2. The van der Waals surface area contributed by atoms with Crippen LogP contribution >= 0.6 is 0 Å². The van der Waals surface area contributed by atoms with Gasteiger partial charge in [-0.25, -0.2) is 0 Å². The van der Waals surface area contributed by atoms with Gasteiger partial charge in [-0.2, -0.15) is 0 Å². The van der Waals surface area contributed by atoms with Crippen molar-refractivity contribution in [3.63, 3.8) is 0 Å². The lowest BCUT2D eigenvalue weighted by molar-refractivity contribution is 0.0609. The maximum atomic E-state index is 9.49. The van der Waals surface area contributed by atoms with Gasteiger partial charge in [0.05, 0.1) is 6.10 Å². The summed E-state index contributed by atoms with van der Waals surface area (Å²) in [7, 11) is 0. The van der Waals surface area contributed by atoms with Crippen LogP contribution in [0, 0.1) is 11.8 Å². The smallest absolute Gasteiger partial charge is 0.0564 e. The summed E-state index contributed by atoms with van der Waals surface area (Å²) < 4.78 is 0. The highest BCUT2D eigenvalue weighted by Crippen LogP contribution is 2.46. The maximum absolute atomic E-state index is 9.49. The number of aliphatic hydroxyl groups is 1. The Kier molecular flexibility index (Phi) is 2.73. The summed E-state index contributed by atoms with van der Waals surface area (Å²) in [5, 5.41) is 9.49. The van der Waals surface area contributed by atoms with Crippen LogP contribution in [0.25, 0.3) is 0 Å². The van der Waals surface area contributed by atoms with E-state index < -0.39 is 0 Å². The fraction of sp³-hybridized carbons (Fsp3) is 1.00. The molecule has 2 nitrogen and oxygen atoms in total. The molecule has 0 aromatic rings. The zero-order valence-corrected chi connectivity index (χ0v) is 9.57. The van der Waals surface area contributed by atoms with Crippen molar-refractivity contribution in [1.82, 2.24) is 4.90 Å². The summed E-state index contributed by atoms with van der Waals surface area (Å²) in [5.41, 5.74) is 0. The molecule has 0 spiro atoms. The van der Waals surface area contributed by atoms with Crippen LogP contribution in [0.15, 0.2) is 0 Å². The SMILES string of the molecule is OC1CCN(C2CCC(C3CC3)C2)CC1. The van der Waals surface area contributed by atoms with E-state index in [-0.39, 0.29) is 6.10 Å². The van der Waals surface area contributed by atoms with E-state index in [1.54, 1.807) is 0 Å². The Hall–Kier alpha value is -0.0800. The van der Waals surface area contributed by atoms with Crippen molar-refractivity contribution in [1.29, 1.82) is 0 Å². The van der Waals surface area contributed by atoms with Crippen LogP contribution in [-0.4, -0.2) is 35.2 Å². The molecule has 1 saturated heterocycles. The minimum atomic E-state index is -0.0121. The number of nitrogens with zero attached hydrogens (tertiary/aromatic N) is 1. The van der Waals surface area contributed by atoms with Crippen molar-refractivity contribution >= 4 is 0 Å². The van der Waals surface area contributed by atoms with Crippen LogP contribution in [0.1, 0.15) is 44.9 Å². The number of likely N-dealkylation sites (tertiary alicyclic amines) is 1. The average Bonchev–Trinajstić information content (AvgIpc) is 2.99. The summed E-state index contributed by atoms with van der Waals surface area (Å²) in [5.74, 6) is 2.16. The summed E-state index contributed by atoms with van der Waals surface area (Å²) >= 11 is 0. The summed E-state index contributed by atoms with van der Waals surface area (Å²) in [6.45, 7) is 2.28. The second-order valence-corrected chi connectivity index (χ2v) is 5.83. The molecule has 2 unspecified atom stereocenters. The minimum Gasteiger partial charge on any atom is -0.393 e. The standard InChI is InChI=1S/C13H23NO/c15-13-5-7-14(8-6-13)12-4-3-11(9-12)10-1-2-10/h10-13,15H,1-9H2. The highest BCUT2D eigenvalue weighted by atomic mass is 16.3. The van der Waals surface area contributed by atoms with E-state index in [0.717, 1.165) is 43.8 Å². The first-order chi connectivity index (χ1) is 7.33. The third-order valence-electron chi connectivity index (χ3n) is 4.75. The molecule has 2 heteroatoms. The van der Waals surface area contributed by atoms with Crippen molar-refractivity contribution in [3.05, 3.63) is 0 Å². The van der Waals surface area contributed by atoms with Gasteiger partial charge < -0.3 is 10.0 Å². The van der Waals surface area contributed by atoms with Crippen molar-refractivity contribution < 1.29 is 5.11 Å². The van der Waals surface area contributed by atoms with Gasteiger partial charge in [0.1, 0.15) is 0 Å². The van der Waals surface area contributed by atoms with Crippen molar-refractivity contribution in [2.45, 2.75) is 57.1 Å². The van der Waals surface area contributed by atoms with Gasteiger partial charge in [0.15, 0.2) is 0 Å². The molecule has 0 aromatic carbocycles. The maximum Gasteiger partial charge on any atom is 0.0564 e.